The Labute approximate surface area is 161 Å². The van der Waals surface area contributed by atoms with Gasteiger partial charge >= 0.3 is 0 Å². The smallest absolute Gasteiger partial charge is 0.255 e. The number of nitrogens with zero attached hydrogens (tertiary/aromatic N) is 1. The topological polar surface area (TPSA) is 41.6 Å². The van der Waals surface area contributed by atoms with Crippen LogP contribution in [0.15, 0.2) is 30.4 Å². The monoisotopic (exact) mass is 376 g/mol. The van der Waals surface area contributed by atoms with Crippen molar-refractivity contribution in [3.05, 3.63) is 40.9 Å². The molecule has 0 atom stereocenters. The second kappa shape index (κ2) is 8.92. The van der Waals surface area contributed by atoms with E-state index in [4.69, 9.17) is 16.3 Å². The van der Waals surface area contributed by atoms with Crippen LogP contribution in [0.4, 0.5) is 0 Å². The summed E-state index contributed by atoms with van der Waals surface area (Å²) >= 11 is 6.10. The Balaban J connectivity index is 1.60. The summed E-state index contributed by atoms with van der Waals surface area (Å²) in [6, 6.07) is 6.04. The molecule has 142 valence electrons. The lowest BCUT2D eigenvalue weighted by molar-refractivity contribution is 0.0750. The Hall–Kier alpha value is -1.52. The van der Waals surface area contributed by atoms with Gasteiger partial charge in [-0.25, -0.2) is 0 Å². The fraction of sp³-hybridized carbons (Fsp3) is 0.571. The summed E-state index contributed by atoms with van der Waals surface area (Å²) in [5.74, 6) is 0.446. The van der Waals surface area contributed by atoms with E-state index in [0.717, 1.165) is 37.5 Å². The van der Waals surface area contributed by atoms with Gasteiger partial charge in [0.15, 0.2) is 0 Å². The van der Waals surface area contributed by atoms with Crippen molar-refractivity contribution in [3.63, 3.8) is 0 Å². The molecule has 3 rings (SSSR count). The van der Waals surface area contributed by atoms with E-state index in [-0.39, 0.29) is 12.0 Å². The van der Waals surface area contributed by atoms with Crippen LogP contribution in [-0.4, -0.2) is 42.6 Å². The van der Waals surface area contributed by atoms with Gasteiger partial charge in [0.05, 0.1) is 5.56 Å². The largest absolute Gasteiger partial charge is 0.489 e. The summed E-state index contributed by atoms with van der Waals surface area (Å²) in [5.41, 5.74) is 1.40. The third-order valence-electron chi connectivity index (χ3n) is 5.35. The number of benzene rings is 1. The number of ether oxygens (including phenoxy) is 1. The van der Waals surface area contributed by atoms with Crippen LogP contribution < -0.4 is 10.1 Å². The minimum Gasteiger partial charge on any atom is -0.489 e. The van der Waals surface area contributed by atoms with Crippen LogP contribution in [-0.2, 0) is 0 Å². The Bertz CT molecular complexity index is 647. The van der Waals surface area contributed by atoms with Gasteiger partial charge in [0.2, 0.25) is 0 Å². The van der Waals surface area contributed by atoms with Crippen LogP contribution >= 0.6 is 11.6 Å². The zero-order valence-corrected chi connectivity index (χ0v) is 16.4. The molecule has 0 radical (unpaired) electrons. The summed E-state index contributed by atoms with van der Waals surface area (Å²) in [6.07, 6.45) is 7.59. The molecule has 1 amide bonds. The van der Waals surface area contributed by atoms with Gasteiger partial charge in [0, 0.05) is 30.7 Å². The highest BCUT2D eigenvalue weighted by molar-refractivity contribution is 6.31. The van der Waals surface area contributed by atoms with Crippen LogP contribution in [0.2, 0.25) is 5.02 Å². The second-order valence-electron chi connectivity index (χ2n) is 7.57. The third-order valence-corrected chi connectivity index (χ3v) is 5.58. The van der Waals surface area contributed by atoms with Crippen LogP contribution in [0.25, 0.3) is 0 Å². The molecule has 1 saturated heterocycles. The number of hydrogen-bond acceptors (Lipinski definition) is 3. The Morgan fingerprint density at radius 1 is 1.27 bits per heavy atom. The molecule has 1 aliphatic heterocycles. The minimum absolute atomic E-state index is 0.154. The molecule has 0 bridgehead atoms. The van der Waals surface area contributed by atoms with Crippen LogP contribution in [0.3, 0.4) is 0 Å². The maximum Gasteiger partial charge on any atom is 0.255 e. The highest BCUT2D eigenvalue weighted by Gasteiger charge is 2.28. The first-order chi connectivity index (χ1) is 12.5. The molecule has 1 N–H and O–H groups in total. The maximum absolute atomic E-state index is 12.5. The number of nitrogens with one attached hydrogen (secondary N) is 1. The summed E-state index contributed by atoms with van der Waals surface area (Å²) in [7, 11) is 0. The Morgan fingerprint density at radius 3 is 2.62 bits per heavy atom. The molecule has 5 heteroatoms. The van der Waals surface area contributed by atoms with Gasteiger partial charge in [0.25, 0.3) is 5.91 Å². The zero-order valence-electron chi connectivity index (χ0n) is 15.6. The van der Waals surface area contributed by atoms with E-state index >= 15 is 0 Å². The fourth-order valence-electron chi connectivity index (χ4n) is 3.92. The first-order valence-electron chi connectivity index (χ1n) is 9.66. The molecule has 1 heterocycles. The lowest BCUT2D eigenvalue weighted by Gasteiger charge is -2.36. The van der Waals surface area contributed by atoms with E-state index in [9.17, 15) is 4.79 Å². The van der Waals surface area contributed by atoms with Crippen molar-refractivity contribution in [2.75, 3.05) is 19.6 Å². The Morgan fingerprint density at radius 2 is 1.96 bits per heavy atom. The predicted molar refractivity (Wildman–Crippen MR) is 106 cm³/mol. The molecule has 26 heavy (non-hydrogen) atoms. The number of hydrogen-bond donors (Lipinski definition) is 1. The van der Waals surface area contributed by atoms with Gasteiger partial charge in [-0.1, -0.05) is 36.6 Å². The molecule has 1 aromatic rings. The number of carbonyl (C=O) groups is 1. The first kappa shape index (κ1) is 19.2. The van der Waals surface area contributed by atoms with Crippen molar-refractivity contribution < 1.29 is 9.53 Å². The van der Waals surface area contributed by atoms with E-state index in [0.29, 0.717) is 22.9 Å². The number of carbonyl (C=O) groups excluding carboxylic acids is 1. The lowest BCUT2D eigenvalue weighted by Crippen LogP contribution is -2.43. The molecule has 2 aliphatic rings. The van der Waals surface area contributed by atoms with Crippen molar-refractivity contribution in [2.45, 2.75) is 57.6 Å². The SMILES string of the molecule is C=C(C)CNC(=O)c1cc(Cl)ccc1OC1CCN(C2CCCC2)CC1. The highest BCUT2D eigenvalue weighted by Crippen LogP contribution is 2.29. The fourth-order valence-corrected chi connectivity index (χ4v) is 4.09. The van der Waals surface area contributed by atoms with Crippen LogP contribution in [0.5, 0.6) is 5.75 Å². The van der Waals surface area contributed by atoms with E-state index in [1.54, 1.807) is 18.2 Å². The van der Waals surface area contributed by atoms with Crippen molar-refractivity contribution in [1.29, 1.82) is 0 Å². The molecule has 1 aromatic carbocycles. The van der Waals surface area contributed by atoms with Gasteiger partial charge in [-0.2, -0.15) is 0 Å². The molecular weight excluding hydrogens is 348 g/mol. The van der Waals surface area contributed by atoms with E-state index in [1.165, 1.54) is 25.7 Å². The number of halogens is 1. The van der Waals surface area contributed by atoms with Gasteiger partial charge in [-0.3, -0.25) is 4.79 Å². The molecule has 0 spiro atoms. The number of piperidine rings is 1. The molecule has 1 saturated carbocycles. The average molecular weight is 377 g/mol. The molecule has 1 aliphatic carbocycles. The average Bonchev–Trinajstić information content (AvgIpc) is 3.16. The predicted octanol–water partition coefficient (Wildman–Crippen LogP) is 4.43. The normalized spacial score (nSPS) is 19.5. The van der Waals surface area contributed by atoms with Gasteiger partial charge < -0.3 is 15.0 Å². The quantitative estimate of drug-likeness (QED) is 0.746. The molecule has 2 fully saturated rings. The number of amides is 1. The first-order valence-corrected chi connectivity index (χ1v) is 10.0. The van der Waals surface area contributed by atoms with Crippen molar-refractivity contribution >= 4 is 17.5 Å². The summed E-state index contributed by atoms with van der Waals surface area (Å²) in [6.45, 7) is 8.32. The van der Waals surface area contributed by atoms with Gasteiger partial charge in [-0.15, -0.1) is 0 Å². The highest BCUT2D eigenvalue weighted by atomic mass is 35.5. The number of rotatable bonds is 6. The third kappa shape index (κ3) is 5.01. The molecule has 0 unspecified atom stereocenters. The van der Waals surface area contributed by atoms with E-state index in [2.05, 4.69) is 16.8 Å². The van der Waals surface area contributed by atoms with Crippen molar-refractivity contribution in [1.82, 2.24) is 10.2 Å². The van der Waals surface area contributed by atoms with Gasteiger partial charge in [-0.05, 0) is 50.8 Å². The minimum atomic E-state index is -0.172. The molecule has 0 aromatic heterocycles. The Kier molecular flexibility index (Phi) is 6.60. The summed E-state index contributed by atoms with van der Waals surface area (Å²) in [5, 5.41) is 3.40. The van der Waals surface area contributed by atoms with Crippen molar-refractivity contribution in [2.24, 2.45) is 0 Å². The standard InChI is InChI=1S/C21H29ClN2O2/c1-15(2)14-23-21(25)19-13-16(22)7-8-20(19)26-18-9-11-24(12-10-18)17-5-3-4-6-17/h7-8,13,17-18H,1,3-6,9-12,14H2,2H3,(H,23,25). The zero-order chi connectivity index (χ0) is 18.5. The van der Waals surface area contributed by atoms with Crippen LogP contribution in [0.1, 0.15) is 55.8 Å². The van der Waals surface area contributed by atoms with E-state index in [1.807, 2.05) is 6.92 Å². The second-order valence-corrected chi connectivity index (χ2v) is 8.01. The van der Waals surface area contributed by atoms with E-state index < -0.39 is 0 Å². The molecule has 4 nitrogen and oxygen atoms in total. The lowest BCUT2D eigenvalue weighted by atomic mass is 10.0. The van der Waals surface area contributed by atoms with Gasteiger partial charge in [0.1, 0.15) is 11.9 Å². The molecular formula is C21H29ClN2O2. The number of likely N-dealkylation sites (tertiary alicyclic amines) is 1. The summed E-state index contributed by atoms with van der Waals surface area (Å²) in [4.78, 5) is 15.1. The maximum atomic E-state index is 12.5. The van der Waals surface area contributed by atoms with Crippen LogP contribution in [0, 0.1) is 0 Å². The summed E-state index contributed by atoms with van der Waals surface area (Å²) < 4.78 is 6.21. The van der Waals surface area contributed by atoms with Crippen molar-refractivity contribution in [3.8, 4) is 5.75 Å².